The van der Waals surface area contributed by atoms with Crippen LogP contribution in [-0.4, -0.2) is 55.0 Å². The molecule has 0 radical (unpaired) electrons. The van der Waals surface area contributed by atoms with Crippen LogP contribution in [0.25, 0.3) is 0 Å². The van der Waals surface area contributed by atoms with Crippen molar-refractivity contribution in [2.24, 2.45) is 0 Å². The predicted octanol–water partition coefficient (Wildman–Crippen LogP) is -0.911. The summed E-state index contributed by atoms with van der Waals surface area (Å²) in [6, 6.07) is 0. The van der Waals surface area contributed by atoms with Crippen LogP contribution in [0, 0.1) is 0 Å². The molecule has 3 rings (SSSR count). The standard InChI is InChI=1S/C13H21N7O2/c14-12-11-13(18-6-17-12)20(7-19-11)10-2-1-9(22-10)5-15-3-4-16-8-21/h6,8-10,15,19H,1-5,7H2,(H,16,21)(H2,14,17,18)/t9-,10+/m0/s1. The molecule has 1 aromatic rings. The van der Waals surface area contributed by atoms with E-state index >= 15 is 0 Å². The fraction of sp³-hybridized carbons (Fsp3) is 0.615. The van der Waals surface area contributed by atoms with Crippen LogP contribution in [-0.2, 0) is 9.53 Å². The Balaban J connectivity index is 1.50. The maximum atomic E-state index is 10.1. The number of nitrogen functional groups attached to an aromatic ring is 1. The first kappa shape index (κ1) is 14.8. The second kappa shape index (κ2) is 6.75. The number of ether oxygens (including phenoxy) is 1. The van der Waals surface area contributed by atoms with Crippen molar-refractivity contribution in [3.63, 3.8) is 0 Å². The normalized spacial score (nSPS) is 23.2. The molecule has 0 saturated carbocycles. The summed E-state index contributed by atoms with van der Waals surface area (Å²) >= 11 is 0. The van der Waals surface area contributed by atoms with Gasteiger partial charge in [0.2, 0.25) is 6.41 Å². The van der Waals surface area contributed by atoms with Crippen molar-refractivity contribution in [1.82, 2.24) is 20.6 Å². The molecular weight excluding hydrogens is 286 g/mol. The Morgan fingerprint density at radius 2 is 2.36 bits per heavy atom. The maximum absolute atomic E-state index is 10.1. The maximum Gasteiger partial charge on any atom is 0.207 e. The van der Waals surface area contributed by atoms with Gasteiger partial charge in [0.25, 0.3) is 0 Å². The summed E-state index contributed by atoms with van der Waals surface area (Å²) < 4.78 is 6.08. The SMILES string of the molecule is Nc1ncnc2c1NCN2[C@H]1CC[C@@H](CNCCNC=O)O1. The Bertz CT molecular complexity index is 527. The van der Waals surface area contributed by atoms with E-state index < -0.39 is 0 Å². The van der Waals surface area contributed by atoms with E-state index in [0.717, 1.165) is 37.4 Å². The number of anilines is 3. The zero-order chi connectivity index (χ0) is 15.4. The fourth-order valence-corrected chi connectivity index (χ4v) is 2.80. The van der Waals surface area contributed by atoms with Crippen LogP contribution in [0.1, 0.15) is 12.8 Å². The number of nitrogens with two attached hydrogens (primary N) is 1. The van der Waals surface area contributed by atoms with Crippen molar-refractivity contribution >= 4 is 23.7 Å². The molecule has 1 fully saturated rings. The lowest BCUT2D eigenvalue weighted by atomic mass is 10.2. The zero-order valence-corrected chi connectivity index (χ0v) is 12.3. The highest BCUT2D eigenvalue weighted by Gasteiger charge is 2.34. The molecule has 2 aliphatic rings. The van der Waals surface area contributed by atoms with Gasteiger partial charge in [0, 0.05) is 19.6 Å². The van der Waals surface area contributed by atoms with Crippen LogP contribution in [0.3, 0.4) is 0 Å². The van der Waals surface area contributed by atoms with Crippen LogP contribution >= 0.6 is 0 Å². The third-order valence-corrected chi connectivity index (χ3v) is 3.89. The van der Waals surface area contributed by atoms with E-state index in [9.17, 15) is 4.79 Å². The van der Waals surface area contributed by atoms with Crippen LogP contribution in [0.4, 0.5) is 17.3 Å². The molecule has 5 N–H and O–H groups in total. The van der Waals surface area contributed by atoms with E-state index in [-0.39, 0.29) is 12.3 Å². The summed E-state index contributed by atoms with van der Waals surface area (Å²) in [6.45, 7) is 2.77. The smallest absolute Gasteiger partial charge is 0.207 e. The third kappa shape index (κ3) is 3.04. The number of amides is 1. The van der Waals surface area contributed by atoms with E-state index in [1.54, 1.807) is 0 Å². The Morgan fingerprint density at radius 1 is 1.45 bits per heavy atom. The van der Waals surface area contributed by atoms with Crippen LogP contribution in [0.2, 0.25) is 0 Å². The van der Waals surface area contributed by atoms with Crippen LogP contribution < -0.4 is 26.6 Å². The number of fused-ring (bicyclic) bond motifs is 1. The average molecular weight is 307 g/mol. The Labute approximate surface area is 128 Å². The molecule has 0 unspecified atom stereocenters. The number of carbonyl (C=O) groups excluding carboxylic acids is 1. The summed E-state index contributed by atoms with van der Waals surface area (Å²) in [4.78, 5) is 20.5. The lowest BCUT2D eigenvalue weighted by molar-refractivity contribution is -0.109. The molecule has 9 heteroatoms. The molecule has 2 aliphatic heterocycles. The van der Waals surface area contributed by atoms with Gasteiger partial charge in [-0.3, -0.25) is 4.79 Å². The van der Waals surface area contributed by atoms with Crippen molar-refractivity contribution in [2.45, 2.75) is 25.2 Å². The topological polar surface area (TPSA) is 117 Å². The van der Waals surface area contributed by atoms with Crippen molar-refractivity contribution in [2.75, 3.05) is 42.3 Å². The van der Waals surface area contributed by atoms with Crippen molar-refractivity contribution < 1.29 is 9.53 Å². The second-order valence-corrected chi connectivity index (χ2v) is 5.33. The first-order chi connectivity index (χ1) is 10.8. The Hall–Kier alpha value is -2.13. The van der Waals surface area contributed by atoms with Gasteiger partial charge in [0.05, 0.1) is 12.8 Å². The van der Waals surface area contributed by atoms with Crippen molar-refractivity contribution in [1.29, 1.82) is 0 Å². The number of carbonyl (C=O) groups is 1. The molecular formula is C13H21N7O2. The predicted molar refractivity (Wildman–Crippen MR) is 82.2 cm³/mol. The van der Waals surface area contributed by atoms with Crippen molar-refractivity contribution in [3.8, 4) is 0 Å². The van der Waals surface area contributed by atoms with Gasteiger partial charge in [0.15, 0.2) is 11.6 Å². The van der Waals surface area contributed by atoms with E-state index in [0.29, 0.717) is 25.4 Å². The van der Waals surface area contributed by atoms with Gasteiger partial charge in [-0.1, -0.05) is 0 Å². The number of nitrogens with one attached hydrogen (secondary N) is 3. The number of rotatable bonds is 7. The summed E-state index contributed by atoms with van der Waals surface area (Å²) in [5, 5.41) is 9.11. The summed E-state index contributed by atoms with van der Waals surface area (Å²) in [7, 11) is 0. The van der Waals surface area contributed by atoms with Gasteiger partial charge in [0.1, 0.15) is 18.2 Å². The van der Waals surface area contributed by atoms with Gasteiger partial charge in [-0.2, -0.15) is 0 Å². The molecule has 3 heterocycles. The quantitative estimate of drug-likeness (QED) is 0.378. The third-order valence-electron chi connectivity index (χ3n) is 3.89. The number of hydrogen-bond acceptors (Lipinski definition) is 8. The minimum Gasteiger partial charge on any atom is -0.382 e. The molecule has 22 heavy (non-hydrogen) atoms. The van der Waals surface area contributed by atoms with Gasteiger partial charge in [-0.25, -0.2) is 9.97 Å². The number of hydrogen-bond donors (Lipinski definition) is 4. The zero-order valence-electron chi connectivity index (χ0n) is 12.3. The van der Waals surface area contributed by atoms with Crippen molar-refractivity contribution in [3.05, 3.63) is 6.33 Å². The molecule has 2 atom stereocenters. The molecule has 1 saturated heterocycles. The molecule has 9 nitrogen and oxygen atoms in total. The number of nitrogens with zero attached hydrogens (tertiary/aromatic N) is 3. The van der Waals surface area contributed by atoms with E-state index in [1.807, 2.05) is 0 Å². The highest BCUT2D eigenvalue weighted by atomic mass is 16.5. The Morgan fingerprint density at radius 3 is 3.23 bits per heavy atom. The lowest BCUT2D eigenvalue weighted by Crippen LogP contribution is -2.37. The van der Waals surface area contributed by atoms with E-state index in [1.165, 1.54) is 6.33 Å². The summed E-state index contributed by atoms with van der Waals surface area (Å²) in [5.74, 6) is 1.27. The minimum atomic E-state index is 0.00273. The monoisotopic (exact) mass is 307 g/mol. The molecule has 0 aliphatic carbocycles. The average Bonchev–Trinajstić information content (AvgIpc) is 3.14. The van der Waals surface area contributed by atoms with Crippen LogP contribution in [0.15, 0.2) is 6.33 Å². The molecule has 1 amide bonds. The largest absolute Gasteiger partial charge is 0.382 e. The Kier molecular flexibility index (Phi) is 4.54. The van der Waals surface area contributed by atoms with Gasteiger partial charge >= 0.3 is 0 Å². The molecule has 0 spiro atoms. The summed E-state index contributed by atoms with van der Waals surface area (Å²) in [6.07, 6.45) is 4.29. The second-order valence-electron chi connectivity index (χ2n) is 5.33. The van der Waals surface area contributed by atoms with Gasteiger partial charge < -0.3 is 31.3 Å². The minimum absolute atomic E-state index is 0.00273. The highest BCUT2D eigenvalue weighted by molar-refractivity contribution is 5.79. The molecule has 0 aromatic carbocycles. The summed E-state index contributed by atoms with van der Waals surface area (Å²) in [5.41, 5.74) is 6.63. The fourth-order valence-electron chi connectivity index (χ4n) is 2.80. The van der Waals surface area contributed by atoms with Crippen LogP contribution in [0.5, 0.6) is 0 Å². The molecule has 0 bridgehead atoms. The molecule has 1 aromatic heterocycles. The van der Waals surface area contributed by atoms with E-state index in [4.69, 9.17) is 10.5 Å². The number of aromatic nitrogens is 2. The van der Waals surface area contributed by atoms with E-state index in [2.05, 4.69) is 30.8 Å². The van der Waals surface area contributed by atoms with Gasteiger partial charge in [-0.05, 0) is 12.8 Å². The first-order valence-electron chi connectivity index (χ1n) is 7.44. The first-order valence-corrected chi connectivity index (χ1v) is 7.44. The molecule has 120 valence electrons. The van der Waals surface area contributed by atoms with Gasteiger partial charge in [-0.15, -0.1) is 0 Å². The lowest BCUT2D eigenvalue weighted by Gasteiger charge is -2.24. The highest BCUT2D eigenvalue weighted by Crippen LogP contribution is 2.36.